The van der Waals surface area contributed by atoms with Crippen LogP contribution in [0.2, 0.25) is 0 Å². The van der Waals surface area contributed by atoms with Crippen molar-refractivity contribution in [3.05, 3.63) is 41.5 Å². The van der Waals surface area contributed by atoms with Crippen molar-refractivity contribution in [3.63, 3.8) is 0 Å². The van der Waals surface area contributed by atoms with Gasteiger partial charge in [0.15, 0.2) is 5.13 Å². The Balaban J connectivity index is 1.58. The summed E-state index contributed by atoms with van der Waals surface area (Å²) in [5.41, 5.74) is 1.99. The molecule has 7 nitrogen and oxygen atoms in total. The second kappa shape index (κ2) is 8.56. The molecule has 0 saturated carbocycles. The van der Waals surface area contributed by atoms with Crippen LogP contribution in [0.4, 0.5) is 9.52 Å². The molecule has 4 rings (SSSR count). The highest BCUT2D eigenvalue weighted by atomic mass is 32.1. The maximum atomic E-state index is 13.6. The second-order valence-electron chi connectivity index (χ2n) is 7.17. The number of rotatable bonds is 6. The molecule has 3 aromatic rings. The van der Waals surface area contributed by atoms with Gasteiger partial charge in [-0.2, -0.15) is 5.10 Å². The molecule has 0 spiro atoms. The fraction of sp³-hybridized carbons (Fsp3) is 0.450. The predicted molar refractivity (Wildman–Crippen MR) is 111 cm³/mol. The topological polar surface area (TPSA) is 63.5 Å². The zero-order chi connectivity index (χ0) is 20.4. The Morgan fingerprint density at radius 2 is 2.10 bits per heavy atom. The van der Waals surface area contributed by atoms with Crippen molar-refractivity contribution in [2.45, 2.75) is 13.3 Å². The largest absolute Gasteiger partial charge is 0.379 e. The lowest BCUT2D eigenvalue weighted by molar-refractivity contribution is 0.0376. The van der Waals surface area contributed by atoms with Gasteiger partial charge in [-0.05, 0) is 37.6 Å². The van der Waals surface area contributed by atoms with Crippen LogP contribution in [0.25, 0.3) is 10.2 Å². The molecular weight excluding hydrogens is 393 g/mol. The minimum atomic E-state index is -0.305. The number of hydrogen-bond acceptors (Lipinski definition) is 6. The molecule has 1 fully saturated rings. The molecular formula is C20H24FN5O2S. The number of hydrogen-bond donors (Lipinski definition) is 0. The van der Waals surface area contributed by atoms with E-state index in [1.165, 1.54) is 23.5 Å². The molecule has 1 aliphatic rings. The molecule has 29 heavy (non-hydrogen) atoms. The van der Waals surface area contributed by atoms with Crippen LogP contribution in [-0.4, -0.2) is 65.0 Å². The quantitative estimate of drug-likeness (QED) is 0.617. The van der Waals surface area contributed by atoms with E-state index in [9.17, 15) is 9.18 Å². The molecule has 1 aromatic carbocycles. The first-order chi connectivity index (χ1) is 14.0. The van der Waals surface area contributed by atoms with Crippen molar-refractivity contribution in [2.24, 2.45) is 7.05 Å². The zero-order valence-corrected chi connectivity index (χ0v) is 17.4. The van der Waals surface area contributed by atoms with Crippen molar-refractivity contribution in [1.82, 2.24) is 19.7 Å². The van der Waals surface area contributed by atoms with E-state index in [4.69, 9.17) is 4.74 Å². The van der Waals surface area contributed by atoms with Crippen LogP contribution in [0, 0.1) is 12.7 Å². The first-order valence-electron chi connectivity index (χ1n) is 9.70. The number of benzene rings is 1. The Bertz CT molecular complexity index is 1010. The number of anilines is 1. The number of carbonyl (C=O) groups is 1. The van der Waals surface area contributed by atoms with E-state index in [-0.39, 0.29) is 11.7 Å². The smallest absolute Gasteiger partial charge is 0.278 e. The SMILES string of the molecule is Cc1cc(C(=O)N(CCCN2CCOCC2)c2nc3ccc(F)cc3s2)n(C)n1. The van der Waals surface area contributed by atoms with Gasteiger partial charge in [-0.15, -0.1) is 0 Å². The van der Waals surface area contributed by atoms with Gasteiger partial charge in [0.2, 0.25) is 0 Å². The summed E-state index contributed by atoms with van der Waals surface area (Å²) in [5, 5.41) is 4.88. The summed E-state index contributed by atoms with van der Waals surface area (Å²) >= 11 is 1.33. The molecule has 3 heterocycles. The van der Waals surface area contributed by atoms with Gasteiger partial charge in [0, 0.05) is 33.2 Å². The van der Waals surface area contributed by atoms with E-state index in [2.05, 4.69) is 15.0 Å². The number of fused-ring (bicyclic) bond motifs is 1. The summed E-state index contributed by atoms with van der Waals surface area (Å²) in [6.07, 6.45) is 0.812. The van der Waals surface area contributed by atoms with Gasteiger partial charge in [-0.3, -0.25) is 19.3 Å². The summed E-state index contributed by atoms with van der Waals surface area (Å²) in [7, 11) is 1.76. The van der Waals surface area contributed by atoms with Crippen LogP contribution < -0.4 is 4.90 Å². The highest BCUT2D eigenvalue weighted by Gasteiger charge is 2.24. The molecule has 0 atom stereocenters. The van der Waals surface area contributed by atoms with Crippen LogP contribution in [0.15, 0.2) is 24.3 Å². The van der Waals surface area contributed by atoms with Gasteiger partial charge in [0.1, 0.15) is 11.5 Å². The first kappa shape index (κ1) is 19.9. The Morgan fingerprint density at radius 1 is 1.31 bits per heavy atom. The number of thiazole rings is 1. The van der Waals surface area contributed by atoms with Crippen LogP contribution in [0.5, 0.6) is 0 Å². The van der Waals surface area contributed by atoms with Gasteiger partial charge in [0.05, 0.1) is 29.1 Å². The predicted octanol–water partition coefficient (Wildman–Crippen LogP) is 2.85. The van der Waals surface area contributed by atoms with Crippen LogP contribution >= 0.6 is 11.3 Å². The van der Waals surface area contributed by atoms with Gasteiger partial charge >= 0.3 is 0 Å². The lowest BCUT2D eigenvalue weighted by atomic mass is 10.3. The Labute approximate surface area is 172 Å². The molecule has 0 unspecified atom stereocenters. The first-order valence-corrected chi connectivity index (χ1v) is 10.5. The second-order valence-corrected chi connectivity index (χ2v) is 8.18. The van der Waals surface area contributed by atoms with E-state index in [0.717, 1.165) is 49.7 Å². The Morgan fingerprint density at radius 3 is 2.83 bits per heavy atom. The van der Waals surface area contributed by atoms with Crippen LogP contribution in [0.1, 0.15) is 22.6 Å². The van der Waals surface area contributed by atoms with E-state index in [1.54, 1.807) is 28.8 Å². The molecule has 2 aromatic heterocycles. The average molecular weight is 418 g/mol. The van der Waals surface area contributed by atoms with Crippen molar-refractivity contribution in [1.29, 1.82) is 0 Å². The monoisotopic (exact) mass is 417 g/mol. The zero-order valence-electron chi connectivity index (χ0n) is 16.6. The number of ether oxygens (including phenoxy) is 1. The number of nitrogens with zero attached hydrogens (tertiary/aromatic N) is 5. The summed E-state index contributed by atoms with van der Waals surface area (Å²) < 4.78 is 21.3. The summed E-state index contributed by atoms with van der Waals surface area (Å²) in [4.78, 5) is 22.0. The molecule has 1 aliphatic heterocycles. The minimum Gasteiger partial charge on any atom is -0.379 e. The van der Waals surface area contributed by atoms with E-state index < -0.39 is 0 Å². The van der Waals surface area contributed by atoms with Crippen molar-refractivity contribution >= 4 is 32.6 Å². The minimum absolute atomic E-state index is 0.144. The third-order valence-electron chi connectivity index (χ3n) is 5.00. The third-order valence-corrected chi connectivity index (χ3v) is 6.04. The molecule has 0 radical (unpaired) electrons. The number of aryl methyl sites for hydroxylation is 2. The number of halogens is 1. The summed E-state index contributed by atoms with van der Waals surface area (Å²) in [6.45, 7) is 6.60. The molecule has 154 valence electrons. The fourth-order valence-corrected chi connectivity index (χ4v) is 4.53. The molecule has 0 aliphatic carbocycles. The van der Waals surface area contributed by atoms with E-state index >= 15 is 0 Å². The standard InChI is InChI=1S/C20H24FN5O2S/c1-14-12-17(24(2)23-14)19(27)26(7-3-6-25-8-10-28-11-9-25)20-22-16-5-4-15(21)13-18(16)29-20/h4-5,12-13H,3,6-11H2,1-2H3. The lowest BCUT2D eigenvalue weighted by Gasteiger charge is -2.27. The van der Waals surface area contributed by atoms with Gasteiger partial charge in [-0.25, -0.2) is 9.37 Å². The molecule has 1 saturated heterocycles. The van der Waals surface area contributed by atoms with Crippen molar-refractivity contribution in [2.75, 3.05) is 44.3 Å². The highest BCUT2D eigenvalue weighted by Crippen LogP contribution is 2.30. The number of morpholine rings is 1. The van der Waals surface area contributed by atoms with Gasteiger partial charge < -0.3 is 4.74 Å². The van der Waals surface area contributed by atoms with Gasteiger partial charge in [-0.1, -0.05) is 11.3 Å². The number of carbonyl (C=O) groups excluding carboxylic acids is 1. The van der Waals surface area contributed by atoms with Crippen LogP contribution in [-0.2, 0) is 11.8 Å². The maximum Gasteiger partial charge on any atom is 0.278 e. The average Bonchev–Trinajstić information content (AvgIpc) is 3.27. The Hall–Kier alpha value is -2.36. The molecule has 9 heteroatoms. The van der Waals surface area contributed by atoms with Crippen molar-refractivity contribution in [3.8, 4) is 0 Å². The van der Waals surface area contributed by atoms with Crippen molar-refractivity contribution < 1.29 is 13.9 Å². The number of amides is 1. The highest BCUT2D eigenvalue weighted by molar-refractivity contribution is 7.22. The third kappa shape index (κ3) is 4.47. The van der Waals surface area contributed by atoms with E-state index in [0.29, 0.717) is 22.9 Å². The normalized spacial score (nSPS) is 15.1. The molecule has 0 bridgehead atoms. The maximum absolute atomic E-state index is 13.6. The lowest BCUT2D eigenvalue weighted by Crippen LogP contribution is -2.39. The Kier molecular flexibility index (Phi) is 5.89. The molecule has 1 amide bonds. The number of aromatic nitrogens is 3. The van der Waals surface area contributed by atoms with Crippen LogP contribution in [0.3, 0.4) is 0 Å². The molecule has 0 N–H and O–H groups in total. The van der Waals surface area contributed by atoms with Gasteiger partial charge in [0.25, 0.3) is 5.91 Å². The summed E-state index contributed by atoms with van der Waals surface area (Å²) in [6, 6.07) is 6.28. The fourth-order valence-electron chi connectivity index (χ4n) is 3.51. The summed E-state index contributed by atoms with van der Waals surface area (Å²) in [5.74, 6) is -0.449. The van der Waals surface area contributed by atoms with E-state index in [1.807, 2.05) is 6.92 Å².